The van der Waals surface area contributed by atoms with Crippen molar-refractivity contribution in [2.24, 2.45) is 0 Å². The summed E-state index contributed by atoms with van der Waals surface area (Å²) >= 11 is 6.15. The van der Waals surface area contributed by atoms with Gasteiger partial charge in [-0.05, 0) is 37.3 Å². The van der Waals surface area contributed by atoms with Crippen molar-refractivity contribution in [2.75, 3.05) is 26.1 Å². The average Bonchev–Trinajstić information content (AvgIpc) is 2.62. The van der Waals surface area contributed by atoms with Crippen LogP contribution in [0.1, 0.15) is 27.6 Å². The standard InChI is InChI=1S/C18H18ClNO5/c1-4-25-18(22)11-5-6-16(15(19)9-11)20-17(21)12-7-13(23-2)10-14(8-12)24-3/h5-10H,4H2,1-3H3,(H,20,21). The number of halogens is 1. The van der Waals surface area contributed by atoms with Crippen LogP contribution < -0.4 is 14.8 Å². The van der Waals surface area contributed by atoms with Crippen molar-refractivity contribution in [3.63, 3.8) is 0 Å². The molecule has 0 aliphatic rings. The fraction of sp³-hybridized carbons (Fsp3) is 0.222. The van der Waals surface area contributed by atoms with Crippen LogP contribution in [0.25, 0.3) is 0 Å². The summed E-state index contributed by atoms with van der Waals surface area (Å²) in [4.78, 5) is 24.1. The fourth-order valence-electron chi connectivity index (χ4n) is 2.09. The van der Waals surface area contributed by atoms with Crippen molar-refractivity contribution in [2.45, 2.75) is 6.92 Å². The third-order valence-corrected chi connectivity index (χ3v) is 3.65. The molecule has 0 heterocycles. The van der Waals surface area contributed by atoms with E-state index in [2.05, 4.69) is 5.32 Å². The summed E-state index contributed by atoms with van der Waals surface area (Å²) in [5, 5.41) is 2.92. The molecule has 1 amide bonds. The zero-order valence-corrected chi connectivity index (χ0v) is 14.8. The summed E-state index contributed by atoms with van der Waals surface area (Å²) < 4.78 is 15.2. The van der Waals surface area contributed by atoms with E-state index in [0.717, 1.165) is 0 Å². The first-order valence-corrected chi connectivity index (χ1v) is 7.87. The largest absolute Gasteiger partial charge is 0.497 e. The first-order valence-electron chi connectivity index (χ1n) is 7.49. The van der Waals surface area contributed by atoms with E-state index in [1.165, 1.54) is 26.4 Å². The topological polar surface area (TPSA) is 73.9 Å². The van der Waals surface area contributed by atoms with Crippen LogP contribution in [-0.4, -0.2) is 32.7 Å². The van der Waals surface area contributed by atoms with E-state index in [9.17, 15) is 9.59 Å². The number of carbonyl (C=O) groups is 2. The van der Waals surface area contributed by atoms with E-state index >= 15 is 0 Å². The van der Waals surface area contributed by atoms with Gasteiger partial charge in [0.2, 0.25) is 0 Å². The van der Waals surface area contributed by atoms with Gasteiger partial charge in [0, 0.05) is 11.6 Å². The molecule has 0 unspecified atom stereocenters. The highest BCUT2D eigenvalue weighted by Gasteiger charge is 2.14. The van der Waals surface area contributed by atoms with E-state index in [0.29, 0.717) is 28.3 Å². The van der Waals surface area contributed by atoms with Crippen molar-refractivity contribution in [3.8, 4) is 11.5 Å². The molecule has 0 fully saturated rings. The van der Waals surface area contributed by atoms with E-state index in [1.807, 2.05) is 0 Å². The molecule has 0 aliphatic carbocycles. The number of carbonyl (C=O) groups excluding carboxylic acids is 2. The Balaban J connectivity index is 2.22. The Bertz CT molecular complexity index is 769. The minimum atomic E-state index is -0.472. The average molecular weight is 364 g/mol. The van der Waals surface area contributed by atoms with Crippen molar-refractivity contribution >= 4 is 29.2 Å². The Kier molecular flexibility index (Phi) is 6.25. The lowest BCUT2D eigenvalue weighted by Gasteiger charge is -2.11. The monoisotopic (exact) mass is 363 g/mol. The van der Waals surface area contributed by atoms with Gasteiger partial charge in [-0.25, -0.2) is 4.79 Å². The van der Waals surface area contributed by atoms with E-state index in [-0.39, 0.29) is 17.5 Å². The lowest BCUT2D eigenvalue weighted by molar-refractivity contribution is 0.0526. The quantitative estimate of drug-likeness (QED) is 0.790. The molecule has 132 valence electrons. The third kappa shape index (κ3) is 4.64. The number of benzene rings is 2. The van der Waals surface area contributed by atoms with Crippen LogP contribution in [0, 0.1) is 0 Å². The maximum Gasteiger partial charge on any atom is 0.338 e. The molecule has 0 bridgehead atoms. The van der Waals surface area contributed by atoms with Gasteiger partial charge >= 0.3 is 5.97 Å². The number of anilines is 1. The predicted molar refractivity (Wildman–Crippen MR) is 94.9 cm³/mol. The summed E-state index contributed by atoms with van der Waals surface area (Å²) in [6, 6.07) is 9.35. The van der Waals surface area contributed by atoms with Gasteiger partial charge in [-0.3, -0.25) is 4.79 Å². The highest BCUT2D eigenvalue weighted by molar-refractivity contribution is 6.34. The normalized spacial score (nSPS) is 10.1. The van der Waals surface area contributed by atoms with Crippen LogP contribution in [0.2, 0.25) is 5.02 Å². The SMILES string of the molecule is CCOC(=O)c1ccc(NC(=O)c2cc(OC)cc(OC)c2)c(Cl)c1. The number of amides is 1. The van der Waals surface area contributed by atoms with Crippen LogP contribution in [0.3, 0.4) is 0 Å². The Morgan fingerprint density at radius 3 is 2.16 bits per heavy atom. The Hall–Kier alpha value is -2.73. The Morgan fingerprint density at radius 2 is 1.64 bits per heavy atom. The number of hydrogen-bond acceptors (Lipinski definition) is 5. The number of hydrogen-bond donors (Lipinski definition) is 1. The predicted octanol–water partition coefficient (Wildman–Crippen LogP) is 3.79. The Morgan fingerprint density at radius 1 is 1.00 bits per heavy atom. The van der Waals surface area contributed by atoms with E-state index in [1.54, 1.807) is 31.2 Å². The number of methoxy groups -OCH3 is 2. The molecule has 0 saturated heterocycles. The first-order chi connectivity index (χ1) is 12.0. The minimum Gasteiger partial charge on any atom is -0.497 e. The molecule has 6 nitrogen and oxygen atoms in total. The molecular formula is C18H18ClNO5. The number of esters is 1. The molecule has 0 radical (unpaired) electrons. The van der Waals surface area contributed by atoms with E-state index in [4.69, 9.17) is 25.8 Å². The van der Waals surface area contributed by atoms with Crippen molar-refractivity contribution < 1.29 is 23.8 Å². The highest BCUT2D eigenvalue weighted by Crippen LogP contribution is 2.26. The van der Waals surface area contributed by atoms with Crippen molar-refractivity contribution in [3.05, 3.63) is 52.5 Å². The van der Waals surface area contributed by atoms with Crippen LogP contribution in [0.5, 0.6) is 11.5 Å². The maximum absolute atomic E-state index is 12.5. The van der Waals surface area contributed by atoms with Crippen LogP contribution in [0.4, 0.5) is 5.69 Å². The molecular weight excluding hydrogens is 346 g/mol. The summed E-state index contributed by atoms with van der Waals surface area (Å²) in [7, 11) is 3.00. The molecule has 2 aromatic rings. The molecule has 0 atom stereocenters. The molecule has 1 N–H and O–H groups in total. The summed E-state index contributed by atoms with van der Waals surface area (Å²) in [6.07, 6.45) is 0. The molecule has 0 aromatic heterocycles. The number of rotatable bonds is 6. The Labute approximate surface area is 150 Å². The fourth-order valence-corrected chi connectivity index (χ4v) is 2.32. The molecule has 2 aromatic carbocycles. The lowest BCUT2D eigenvalue weighted by Crippen LogP contribution is -2.13. The van der Waals surface area contributed by atoms with Gasteiger partial charge < -0.3 is 19.5 Å². The lowest BCUT2D eigenvalue weighted by atomic mass is 10.1. The molecule has 0 saturated carbocycles. The molecule has 25 heavy (non-hydrogen) atoms. The number of ether oxygens (including phenoxy) is 3. The smallest absolute Gasteiger partial charge is 0.338 e. The summed E-state index contributed by atoms with van der Waals surface area (Å²) in [6.45, 7) is 1.99. The van der Waals surface area contributed by atoms with Crippen LogP contribution in [0.15, 0.2) is 36.4 Å². The minimum absolute atomic E-state index is 0.230. The van der Waals surface area contributed by atoms with Crippen molar-refractivity contribution in [1.29, 1.82) is 0 Å². The molecule has 2 rings (SSSR count). The second-order valence-corrected chi connectivity index (χ2v) is 5.38. The highest BCUT2D eigenvalue weighted by atomic mass is 35.5. The molecule has 0 aliphatic heterocycles. The van der Waals surface area contributed by atoms with Gasteiger partial charge in [-0.1, -0.05) is 11.6 Å². The molecule has 7 heteroatoms. The van der Waals surface area contributed by atoms with Gasteiger partial charge in [0.15, 0.2) is 0 Å². The van der Waals surface area contributed by atoms with Gasteiger partial charge in [0.25, 0.3) is 5.91 Å². The van der Waals surface area contributed by atoms with Crippen LogP contribution >= 0.6 is 11.6 Å². The zero-order chi connectivity index (χ0) is 18.4. The number of nitrogens with one attached hydrogen (secondary N) is 1. The second-order valence-electron chi connectivity index (χ2n) is 4.97. The summed E-state index contributed by atoms with van der Waals surface area (Å²) in [5.74, 6) is 0.129. The van der Waals surface area contributed by atoms with E-state index < -0.39 is 5.97 Å². The molecule has 0 spiro atoms. The summed E-state index contributed by atoms with van der Waals surface area (Å²) in [5.41, 5.74) is 1.04. The van der Waals surface area contributed by atoms with Crippen molar-refractivity contribution in [1.82, 2.24) is 0 Å². The van der Waals surface area contributed by atoms with Gasteiger partial charge in [0.1, 0.15) is 11.5 Å². The van der Waals surface area contributed by atoms with Gasteiger partial charge in [-0.2, -0.15) is 0 Å². The maximum atomic E-state index is 12.5. The zero-order valence-electron chi connectivity index (χ0n) is 14.1. The second kappa shape index (κ2) is 8.39. The van der Waals surface area contributed by atoms with Crippen LogP contribution in [-0.2, 0) is 4.74 Å². The first kappa shape index (κ1) is 18.6. The third-order valence-electron chi connectivity index (χ3n) is 3.34. The van der Waals surface area contributed by atoms with Gasteiger partial charge in [-0.15, -0.1) is 0 Å². The van der Waals surface area contributed by atoms with Gasteiger partial charge in [0.05, 0.1) is 37.1 Å².